The van der Waals surface area contributed by atoms with Gasteiger partial charge in [0.1, 0.15) is 0 Å². The minimum atomic E-state index is -2.14. The molecule has 0 radical (unpaired) electrons. The molecule has 0 saturated carbocycles. The molecule has 1 aromatic heterocycles. The Hall–Kier alpha value is -2.46. The van der Waals surface area contributed by atoms with Gasteiger partial charge < -0.3 is 9.30 Å². The first-order valence-electron chi connectivity index (χ1n) is 19.0. The predicted molar refractivity (Wildman–Crippen MR) is 227 cm³/mol. The van der Waals surface area contributed by atoms with Gasteiger partial charge in [-0.25, -0.2) is 0 Å². The van der Waals surface area contributed by atoms with Crippen molar-refractivity contribution in [3.63, 3.8) is 0 Å². The summed E-state index contributed by atoms with van der Waals surface area (Å²) in [4.78, 5) is 0. The van der Waals surface area contributed by atoms with Crippen LogP contribution in [0.4, 0.5) is 0 Å². The zero-order chi connectivity index (χ0) is 36.6. The molecule has 0 spiro atoms. The van der Waals surface area contributed by atoms with Crippen molar-refractivity contribution in [3.05, 3.63) is 108 Å². The molecule has 0 aliphatic heterocycles. The number of ether oxygens (including phenoxy) is 1. The Labute approximate surface area is 329 Å². The molecule has 1 atom stereocenters. The van der Waals surface area contributed by atoms with Crippen molar-refractivity contribution in [2.45, 2.75) is 90.8 Å². The molecule has 8 rings (SSSR count). The molecule has 0 fully saturated rings. The van der Waals surface area contributed by atoms with Crippen molar-refractivity contribution in [3.8, 4) is 11.1 Å². The van der Waals surface area contributed by atoms with Gasteiger partial charge in [-0.2, -0.15) is 18.2 Å². The maximum absolute atomic E-state index is 6.04. The van der Waals surface area contributed by atoms with Crippen LogP contribution in [0.15, 0.2) is 91.0 Å². The van der Waals surface area contributed by atoms with Crippen LogP contribution < -0.4 is 10.4 Å². The molecular weight excluding hydrogens is 773 g/mol. The summed E-state index contributed by atoms with van der Waals surface area (Å²) in [6, 6.07) is 36.6. The van der Waals surface area contributed by atoms with Crippen LogP contribution in [0.1, 0.15) is 69.6 Å². The van der Waals surface area contributed by atoms with E-state index in [1.807, 2.05) is 0 Å². The van der Waals surface area contributed by atoms with E-state index >= 15 is 0 Å². The van der Waals surface area contributed by atoms with E-state index in [0.29, 0.717) is 0 Å². The fourth-order valence-electron chi connectivity index (χ4n) is 9.34. The summed E-state index contributed by atoms with van der Waals surface area (Å²) in [5.41, 5.74) is 10.1. The van der Waals surface area contributed by atoms with Gasteiger partial charge in [-0.05, 0) is 70.2 Å². The number of fused-ring (bicyclic) bond motifs is 6. The Balaban J connectivity index is 0.00000136. The number of aromatic nitrogens is 1. The summed E-state index contributed by atoms with van der Waals surface area (Å²) in [5, 5.41) is 11.9. The second-order valence-electron chi connectivity index (χ2n) is 16.1. The van der Waals surface area contributed by atoms with E-state index in [9.17, 15) is 0 Å². The Bertz CT molecular complexity index is 2360. The molecule has 52 heavy (non-hydrogen) atoms. The Morgan fingerprint density at radius 2 is 1.54 bits per heavy atom. The summed E-state index contributed by atoms with van der Waals surface area (Å²) in [5.74, 6) is 0. The van der Waals surface area contributed by atoms with Crippen molar-refractivity contribution < 1.29 is 25.6 Å². The van der Waals surface area contributed by atoms with Gasteiger partial charge in [-0.15, -0.1) is 61.7 Å². The van der Waals surface area contributed by atoms with Gasteiger partial charge >= 0.3 is 37.9 Å². The minimum absolute atomic E-state index is 0.0552. The molecule has 0 N–H and O–H groups in total. The molecule has 268 valence electrons. The zero-order valence-electron chi connectivity index (χ0n) is 31.6. The molecular formula is C46H51Cl2NOSiZr. The quantitative estimate of drug-likeness (QED) is 0.0761. The second kappa shape index (κ2) is 15.7. The number of aryl methyl sites for hydroxylation is 3. The molecule has 2 nitrogen and oxygen atoms in total. The fraction of sp³-hybridized carbons (Fsp3) is 0.348. The molecule has 6 aromatic carbocycles. The summed E-state index contributed by atoms with van der Waals surface area (Å²) in [6.45, 7) is 12.4. The number of hydrogen-bond acceptors (Lipinski definition) is 1. The molecule has 1 unspecified atom stereocenters. The number of unbranched alkanes of at least 4 members (excludes halogenated alkanes) is 3. The first-order chi connectivity index (χ1) is 25.1. The van der Waals surface area contributed by atoms with Crippen LogP contribution >= 0.6 is 17.0 Å². The molecule has 7 aromatic rings. The Morgan fingerprint density at radius 1 is 0.808 bits per heavy atom. The number of benzene rings is 4. The number of hydrogen-bond donors (Lipinski definition) is 0. The van der Waals surface area contributed by atoms with Crippen LogP contribution in [0.3, 0.4) is 0 Å². The first kappa shape index (κ1) is 37.8. The van der Waals surface area contributed by atoms with Crippen molar-refractivity contribution in [1.29, 1.82) is 0 Å². The van der Waals surface area contributed by atoms with E-state index in [2.05, 4.69) is 137 Å². The Morgan fingerprint density at radius 3 is 2.35 bits per heavy atom. The number of nitrogens with zero attached hydrogens (tertiary/aromatic N) is 1. The van der Waals surface area contributed by atoms with E-state index in [0.717, 1.165) is 13.0 Å². The molecule has 0 amide bonds. The van der Waals surface area contributed by atoms with Crippen LogP contribution in [-0.2, 0) is 45.5 Å². The van der Waals surface area contributed by atoms with E-state index in [1.54, 1.807) is 21.5 Å². The van der Waals surface area contributed by atoms with Gasteiger partial charge in [0.2, 0.25) is 0 Å². The van der Waals surface area contributed by atoms with Crippen LogP contribution in [-0.4, -0.2) is 24.8 Å². The average molecular weight is 824 g/mol. The van der Waals surface area contributed by atoms with Gasteiger partial charge in [-0.3, -0.25) is 0 Å². The van der Waals surface area contributed by atoms with Gasteiger partial charge in [0.25, 0.3) is 0 Å². The SMILES string of the molecule is Cc1cc2c(-c3ccc4c(c3)c3ccccc3n4C)c3c(cc2[c-]1[Si](C)(CCCCCCOC(C)(C)C)[c-]1ccc2ccccc21)CCC3.[Cl][Zr+2][Cl]. The normalized spacial score (nSPS) is 14.2. The van der Waals surface area contributed by atoms with E-state index in [4.69, 9.17) is 21.8 Å². The average Bonchev–Trinajstić information content (AvgIpc) is 3.90. The first-order valence-corrected chi connectivity index (χ1v) is 28.1. The molecule has 1 aliphatic carbocycles. The van der Waals surface area contributed by atoms with Crippen LogP contribution in [0.2, 0.25) is 12.6 Å². The fourth-order valence-corrected chi connectivity index (χ4v) is 14.1. The molecule has 0 saturated heterocycles. The number of halogens is 2. The van der Waals surface area contributed by atoms with E-state index < -0.39 is 28.9 Å². The van der Waals surface area contributed by atoms with E-state index in [-0.39, 0.29) is 5.60 Å². The molecule has 6 heteroatoms. The molecule has 1 heterocycles. The van der Waals surface area contributed by atoms with Crippen LogP contribution in [0.25, 0.3) is 54.5 Å². The van der Waals surface area contributed by atoms with Gasteiger partial charge in [-0.1, -0.05) is 85.8 Å². The Kier molecular flexibility index (Phi) is 11.4. The third kappa shape index (κ3) is 7.21. The van der Waals surface area contributed by atoms with Crippen molar-refractivity contribution in [1.82, 2.24) is 4.57 Å². The van der Waals surface area contributed by atoms with Gasteiger partial charge in [0, 0.05) is 43.5 Å². The van der Waals surface area contributed by atoms with Crippen molar-refractivity contribution >= 4 is 78.8 Å². The predicted octanol–water partition coefficient (Wildman–Crippen LogP) is 12.5. The monoisotopic (exact) mass is 821 g/mol. The molecule has 1 aliphatic rings. The van der Waals surface area contributed by atoms with Crippen LogP contribution in [0.5, 0.6) is 0 Å². The summed E-state index contributed by atoms with van der Waals surface area (Å²) in [6.07, 6.45) is 8.51. The van der Waals surface area contributed by atoms with Crippen molar-refractivity contribution in [2.24, 2.45) is 7.05 Å². The maximum atomic E-state index is 6.04. The third-order valence-corrected chi connectivity index (χ3v) is 16.3. The van der Waals surface area contributed by atoms with E-state index in [1.165, 1.54) is 105 Å². The number of para-hydroxylation sites is 1. The summed E-state index contributed by atoms with van der Waals surface area (Å²) >= 11 is -0.826. The number of rotatable bonds is 10. The van der Waals surface area contributed by atoms with Gasteiger partial charge in [0.15, 0.2) is 0 Å². The van der Waals surface area contributed by atoms with Crippen LogP contribution in [0, 0.1) is 6.92 Å². The topological polar surface area (TPSA) is 14.2 Å². The standard InChI is InChI=1S/C46H51NOSi.2ClH.Zr/c1-31-28-39-40(29-33-17-15-20-36(33)44(39)34-22-24-42-38(30-34)37-19-11-12-21-41(37)47(42)5)45(31)49(6,27-14-8-7-13-26-48-46(2,3)4)43-25-23-32-16-9-10-18-35(32)43;;;/h9-12,16,18-19,21-25,28-30H,7-8,13-15,17,20,26-27H2,1-6H3;2*1H;/q-2;;;+4/p-2. The second-order valence-corrected chi connectivity index (χ2v) is 24.0. The zero-order valence-corrected chi connectivity index (χ0v) is 36.6. The summed E-state index contributed by atoms with van der Waals surface area (Å²) < 4.78 is 8.39. The third-order valence-electron chi connectivity index (χ3n) is 11.6. The molecule has 0 bridgehead atoms. The van der Waals surface area contributed by atoms with Gasteiger partial charge in [0.05, 0.1) is 5.60 Å². The summed E-state index contributed by atoms with van der Waals surface area (Å²) in [7, 11) is 9.93. The van der Waals surface area contributed by atoms with Crippen molar-refractivity contribution in [2.75, 3.05) is 6.61 Å².